The van der Waals surface area contributed by atoms with Crippen molar-refractivity contribution in [1.82, 2.24) is 0 Å². The van der Waals surface area contributed by atoms with Gasteiger partial charge in [0.15, 0.2) is 0 Å². The Kier molecular flexibility index (Phi) is 6.94. The quantitative estimate of drug-likeness (QED) is 0.172. The molecule has 0 amide bonds. The van der Waals surface area contributed by atoms with Crippen LogP contribution in [0.25, 0.3) is 64.7 Å². The molecule has 0 N–H and O–H groups in total. The molecule has 0 fully saturated rings. The maximum atomic E-state index is 2.54. The minimum Gasteiger partial charge on any atom is -0.310 e. The number of rotatable bonds is 4. The molecule has 1 heterocycles. The summed E-state index contributed by atoms with van der Waals surface area (Å²) in [5, 5.41) is 2.65. The SMILES string of the molecule is CC1(C)c2ccccc2-c2ccc(N(c3ccccc3)c3ccc(-c4cccc5c4sc4cc6c(cc45)-c4ccccc4C64c5ccccc5-c5ccccc54)cc3)cc21. The average molecular weight is 782 g/mol. The van der Waals surface area contributed by atoms with Gasteiger partial charge in [-0.25, -0.2) is 0 Å². The Hall–Kier alpha value is -7.00. The highest BCUT2D eigenvalue weighted by Gasteiger charge is 2.51. The van der Waals surface area contributed by atoms with Crippen LogP contribution in [-0.2, 0) is 10.8 Å². The minimum atomic E-state index is -0.342. The first-order chi connectivity index (χ1) is 29.5. The number of nitrogens with zero attached hydrogens (tertiary/aromatic N) is 1. The molecule has 0 aliphatic heterocycles. The predicted octanol–water partition coefficient (Wildman–Crippen LogP) is 15.8. The molecule has 282 valence electrons. The highest BCUT2D eigenvalue weighted by Crippen LogP contribution is 2.63. The van der Waals surface area contributed by atoms with Gasteiger partial charge in [-0.1, -0.05) is 166 Å². The monoisotopic (exact) mass is 781 g/mol. The van der Waals surface area contributed by atoms with Crippen LogP contribution in [0.5, 0.6) is 0 Å². The zero-order chi connectivity index (χ0) is 39.7. The molecule has 1 nitrogen and oxygen atoms in total. The number of fused-ring (bicyclic) bond motifs is 16. The van der Waals surface area contributed by atoms with E-state index in [0.717, 1.165) is 11.4 Å². The van der Waals surface area contributed by atoms with Gasteiger partial charge in [-0.2, -0.15) is 0 Å². The predicted molar refractivity (Wildman–Crippen MR) is 253 cm³/mol. The first-order valence-corrected chi connectivity index (χ1v) is 21.8. The lowest BCUT2D eigenvalue weighted by atomic mass is 9.70. The molecule has 3 aliphatic carbocycles. The second-order valence-corrected chi connectivity index (χ2v) is 18.2. The number of hydrogen-bond donors (Lipinski definition) is 0. The molecule has 13 rings (SSSR count). The fraction of sp³-hybridized carbons (Fsp3) is 0.0690. The van der Waals surface area contributed by atoms with Crippen molar-refractivity contribution in [3.05, 3.63) is 234 Å². The van der Waals surface area contributed by atoms with E-state index in [-0.39, 0.29) is 10.8 Å². The molecule has 60 heavy (non-hydrogen) atoms. The summed E-state index contributed by atoms with van der Waals surface area (Å²) in [6, 6.07) is 75.1. The molecule has 2 heteroatoms. The summed E-state index contributed by atoms with van der Waals surface area (Å²) in [6.07, 6.45) is 0. The van der Waals surface area contributed by atoms with Gasteiger partial charge in [0.25, 0.3) is 0 Å². The van der Waals surface area contributed by atoms with Gasteiger partial charge in [0.2, 0.25) is 0 Å². The second-order valence-electron chi connectivity index (χ2n) is 17.2. The molecule has 1 spiro atoms. The van der Waals surface area contributed by atoms with E-state index in [2.05, 4.69) is 219 Å². The van der Waals surface area contributed by atoms with Crippen molar-refractivity contribution in [2.75, 3.05) is 4.90 Å². The third kappa shape index (κ3) is 4.41. The Labute approximate surface area is 354 Å². The maximum absolute atomic E-state index is 2.54. The van der Waals surface area contributed by atoms with E-state index in [1.54, 1.807) is 0 Å². The fourth-order valence-corrected chi connectivity index (χ4v) is 12.5. The van der Waals surface area contributed by atoms with E-state index in [4.69, 9.17) is 0 Å². The Balaban J connectivity index is 0.944. The van der Waals surface area contributed by atoms with E-state index in [1.165, 1.54) is 104 Å². The summed E-state index contributed by atoms with van der Waals surface area (Å²) in [7, 11) is 0. The number of para-hydroxylation sites is 1. The van der Waals surface area contributed by atoms with Gasteiger partial charge in [-0.05, 0) is 126 Å². The molecule has 10 aromatic rings. The summed E-state index contributed by atoms with van der Waals surface area (Å²) < 4.78 is 2.66. The van der Waals surface area contributed by atoms with Crippen LogP contribution in [-0.4, -0.2) is 0 Å². The van der Waals surface area contributed by atoms with E-state index in [1.807, 2.05) is 11.3 Å². The lowest BCUT2D eigenvalue weighted by Crippen LogP contribution is -2.25. The van der Waals surface area contributed by atoms with E-state index in [0.29, 0.717) is 0 Å². The smallest absolute Gasteiger partial charge is 0.0726 e. The van der Waals surface area contributed by atoms with E-state index in [9.17, 15) is 0 Å². The Morgan fingerprint density at radius 2 is 0.867 bits per heavy atom. The number of thiophene rings is 1. The Bertz CT molecular complexity index is 3360. The molecular weight excluding hydrogens is 743 g/mol. The summed E-state index contributed by atoms with van der Waals surface area (Å²) in [5.74, 6) is 0. The van der Waals surface area contributed by atoms with Crippen LogP contribution in [0.3, 0.4) is 0 Å². The first-order valence-electron chi connectivity index (χ1n) is 21.0. The standard InChI is InChI=1S/C58H39NS/c1-57(2)49-23-10-6-17-41(49)45-32-31-39(33-53(45)57)59(37-15-4-3-5-16-37)38-29-27-36(28-30-38)40-21-14-22-46-48-34-47-44-20-9-13-26-52(44)58(54(47)35-55(48)60-56(40)46)50-24-11-7-18-42(50)43-19-8-12-25-51(43)58/h3-35H,1-2H3. The lowest BCUT2D eigenvalue weighted by molar-refractivity contribution is 0.660. The van der Waals surface area contributed by atoms with Crippen LogP contribution in [0.15, 0.2) is 200 Å². The van der Waals surface area contributed by atoms with E-state index >= 15 is 0 Å². The van der Waals surface area contributed by atoms with Gasteiger partial charge in [0, 0.05) is 42.6 Å². The van der Waals surface area contributed by atoms with Crippen molar-refractivity contribution in [1.29, 1.82) is 0 Å². The average Bonchev–Trinajstić information content (AvgIpc) is 3.98. The molecule has 0 saturated carbocycles. The van der Waals surface area contributed by atoms with Crippen molar-refractivity contribution in [3.8, 4) is 44.5 Å². The second kappa shape index (κ2) is 12.3. The molecule has 0 radical (unpaired) electrons. The third-order valence-corrected chi connectivity index (χ3v) is 15.1. The molecule has 1 aromatic heterocycles. The molecule has 0 unspecified atom stereocenters. The van der Waals surface area contributed by atoms with Crippen LogP contribution in [0.1, 0.15) is 47.2 Å². The Morgan fingerprint density at radius 3 is 1.53 bits per heavy atom. The zero-order valence-electron chi connectivity index (χ0n) is 33.4. The molecule has 9 aromatic carbocycles. The van der Waals surface area contributed by atoms with Gasteiger partial charge in [0.1, 0.15) is 0 Å². The van der Waals surface area contributed by atoms with Crippen molar-refractivity contribution >= 4 is 48.6 Å². The highest BCUT2D eigenvalue weighted by molar-refractivity contribution is 7.26. The summed E-state index contributed by atoms with van der Waals surface area (Å²) in [5.41, 5.74) is 21.9. The Morgan fingerprint density at radius 1 is 0.350 bits per heavy atom. The maximum Gasteiger partial charge on any atom is 0.0726 e. The van der Waals surface area contributed by atoms with Gasteiger partial charge < -0.3 is 4.90 Å². The van der Waals surface area contributed by atoms with Crippen LogP contribution >= 0.6 is 11.3 Å². The summed E-state index contributed by atoms with van der Waals surface area (Å²) >= 11 is 1.93. The molecule has 0 bridgehead atoms. The molecule has 3 aliphatic rings. The topological polar surface area (TPSA) is 3.24 Å². The number of anilines is 3. The molecule has 0 saturated heterocycles. The van der Waals surface area contributed by atoms with E-state index < -0.39 is 0 Å². The van der Waals surface area contributed by atoms with Crippen molar-refractivity contribution in [3.63, 3.8) is 0 Å². The number of benzene rings is 9. The van der Waals surface area contributed by atoms with Crippen LogP contribution in [0, 0.1) is 0 Å². The van der Waals surface area contributed by atoms with Gasteiger partial charge in [-0.3, -0.25) is 0 Å². The van der Waals surface area contributed by atoms with Crippen molar-refractivity contribution in [2.45, 2.75) is 24.7 Å². The van der Waals surface area contributed by atoms with Crippen molar-refractivity contribution < 1.29 is 0 Å². The van der Waals surface area contributed by atoms with Gasteiger partial charge in [-0.15, -0.1) is 11.3 Å². The normalized spacial score (nSPS) is 14.4. The zero-order valence-corrected chi connectivity index (χ0v) is 34.2. The molecule has 0 atom stereocenters. The summed E-state index contributed by atoms with van der Waals surface area (Å²) in [4.78, 5) is 2.40. The van der Waals surface area contributed by atoms with Crippen molar-refractivity contribution in [2.24, 2.45) is 0 Å². The minimum absolute atomic E-state index is 0.0761. The van der Waals surface area contributed by atoms with Gasteiger partial charge >= 0.3 is 0 Å². The van der Waals surface area contributed by atoms with Crippen LogP contribution in [0.4, 0.5) is 17.1 Å². The first kappa shape index (κ1) is 33.9. The largest absolute Gasteiger partial charge is 0.310 e. The third-order valence-electron chi connectivity index (χ3n) is 13.9. The lowest BCUT2D eigenvalue weighted by Gasteiger charge is -2.30. The fourth-order valence-electron chi connectivity index (χ4n) is 11.3. The van der Waals surface area contributed by atoms with Gasteiger partial charge in [0.05, 0.1) is 5.41 Å². The highest BCUT2D eigenvalue weighted by atomic mass is 32.1. The number of hydrogen-bond acceptors (Lipinski definition) is 2. The van der Waals surface area contributed by atoms with Crippen LogP contribution < -0.4 is 4.90 Å². The van der Waals surface area contributed by atoms with Crippen LogP contribution in [0.2, 0.25) is 0 Å². The summed E-state index contributed by atoms with van der Waals surface area (Å²) in [6.45, 7) is 4.71. The molecular formula is C58H39NS.